The molecule has 0 radical (unpaired) electrons. The highest BCUT2D eigenvalue weighted by Crippen LogP contribution is 2.22. The number of nitrogens with one attached hydrogen (secondary N) is 1. The van der Waals surface area contributed by atoms with Crippen LogP contribution in [0.5, 0.6) is 0 Å². The van der Waals surface area contributed by atoms with Crippen LogP contribution in [0.1, 0.15) is 9.75 Å². The second kappa shape index (κ2) is 5.14. The summed E-state index contributed by atoms with van der Waals surface area (Å²) < 4.78 is 13.4. The van der Waals surface area contributed by atoms with Crippen molar-refractivity contribution in [3.8, 4) is 0 Å². The highest BCUT2D eigenvalue weighted by atomic mass is 32.1. The Bertz CT molecular complexity index is 583. The first-order chi connectivity index (χ1) is 8.56. The lowest BCUT2D eigenvalue weighted by atomic mass is 10.2. The molecule has 0 fully saturated rings. The Labute approximate surface area is 107 Å². The molecule has 0 unspecified atom stereocenters. The lowest BCUT2D eigenvalue weighted by Crippen LogP contribution is -1.99. The molecule has 1 aromatic carbocycles. The number of anilines is 1. The van der Waals surface area contributed by atoms with E-state index in [2.05, 4.69) is 5.32 Å². The molecule has 1 heterocycles. The minimum atomic E-state index is -0.827. The molecule has 0 saturated heterocycles. The van der Waals surface area contributed by atoms with E-state index in [0.717, 1.165) is 17.0 Å². The van der Waals surface area contributed by atoms with Gasteiger partial charge in [0.15, 0.2) is 0 Å². The monoisotopic (exact) mass is 266 g/mol. The van der Waals surface area contributed by atoms with Crippen molar-refractivity contribution >= 4 is 22.7 Å². The van der Waals surface area contributed by atoms with E-state index in [-0.39, 0.29) is 0 Å². The van der Waals surface area contributed by atoms with E-state index in [1.807, 2.05) is 19.1 Å². The van der Waals surface area contributed by atoms with E-state index in [9.17, 15) is 14.5 Å². The summed E-state index contributed by atoms with van der Waals surface area (Å²) in [6, 6.07) is 7.81. The summed E-state index contributed by atoms with van der Waals surface area (Å²) in [6.45, 7) is 2.59. The Morgan fingerprint density at radius 2 is 2.17 bits per heavy atom. The van der Waals surface area contributed by atoms with Gasteiger partial charge in [-0.1, -0.05) is 0 Å². The Morgan fingerprint density at radius 3 is 2.72 bits per heavy atom. The molecule has 0 atom stereocenters. The first-order valence-electron chi connectivity index (χ1n) is 5.29. The molecule has 0 saturated carbocycles. The summed E-state index contributed by atoms with van der Waals surface area (Å²) in [5, 5.41) is 13.5. The average Bonchev–Trinajstić information content (AvgIpc) is 2.72. The second-order valence-corrected chi connectivity index (χ2v) is 5.16. The molecule has 18 heavy (non-hydrogen) atoms. The third-order valence-corrected chi connectivity index (χ3v) is 3.41. The Morgan fingerprint density at radius 1 is 1.39 bits per heavy atom. The predicted molar refractivity (Wildman–Crippen MR) is 69.4 cm³/mol. The third-order valence-electron chi connectivity index (χ3n) is 2.41. The molecule has 1 N–H and O–H groups in total. The molecule has 4 nitrogen and oxygen atoms in total. The quantitative estimate of drug-likeness (QED) is 0.678. The summed E-state index contributed by atoms with van der Waals surface area (Å²) in [5.74, 6) is -0.827. The SMILES string of the molecule is Cc1ccc(CNc2ccc([N+](=O)[O-])c(F)c2)s1. The van der Waals surface area contributed by atoms with Crippen LogP contribution in [0.2, 0.25) is 0 Å². The molecule has 0 spiro atoms. The average molecular weight is 266 g/mol. The van der Waals surface area contributed by atoms with E-state index in [1.165, 1.54) is 10.9 Å². The van der Waals surface area contributed by atoms with Gasteiger partial charge < -0.3 is 5.32 Å². The van der Waals surface area contributed by atoms with Gasteiger partial charge >= 0.3 is 5.69 Å². The first-order valence-corrected chi connectivity index (χ1v) is 6.11. The largest absolute Gasteiger partial charge is 0.380 e. The summed E-state index contributed by atoms with van der Waals surface area (Å²) >= 11 is 1.65. The van der Waals surface area contributed by atoms with Crippen LogP contribution >= 0.6 is 11.3 Å². The minimum Gasteiger partial charge on any atom is -0.380 e. The Hall–Kier alpha value is -1.95. The van der Waals surface area contributed by atoms with Crippen molar-refractivity contribution in [1.29, 1.82) is 0 Å². The number of thiophene rings is 1. The number of benzene rings is 1. The number of nitro groups is 1. The summed E-state index contributed by atoms with van der Waals surface area (Å²) in [7, 11) is 0. The minimum absolute atomic E-state index is 0.507. The fourth-order valence-corrected chi connectivity index (χ4v) is 2.36. The molecule has 94 valence electrons. The number of hydrogen-bond acceptors (Lipinski definition) is 4. The standard InChI is InChI=1S/C12H11FN2O2S/c1-8-2-4-10(18-8)7-14-9-3-5-12(15(16)17)11(13)6-9/h2-6,14H,7H2,1H3. The molecule has 6 heteroatoms. The van der Waals surface area contributed by atoms with Gasteiger partial charge in [0.2, 0.25) is 5.82 Å². The van der Waals surface area contributed by atoms with Gasteiger partial charge in [-0.05, 0) is 25.1 Å². The molecular formula is C12H11FN2O2S. The van der Waals surface area contributed by atoms with Gasteiger partial charge in [0, 0.05) is 34.1 Å². The van der Waals surface area contributed by atoms with Crippen molar-refractivity contribution in [2.45, 2.75) is 13.5 Å². The van der Waals surface area contributed by atoms with Crippen LogP contribution in [0, 0.1) is 22.9 Å². The van der Waals surface area contributed by atoms with Gasteiger partial charge in [-0.3, -0.25) is 10.1 Å². The smallest absolute Gasteiger partial charge is 0.304 e. The maximum absolute atomic E-state index is 13.4. The molecule has 2 aromatic rings. The van der Waals surface area contributed by atoms with E-state index >= 15 is 0 Å². The molecule has 0 aliphatic carbocycles. The number of hydrogen-bond donors (Lipinski definition) is 1. The zero-order chi connectivity index (χ0) is 13.1. The lowest BCUT2D eigenvalue weighted by molar-refractivity contribution is -0.387. The summed E-state index contributed by atoms with van der Waals surface area (Å²) in [4.78, 5) is 12.1. The van der Waals surface area contributed by atoms with Crippen molar-refractivity contribution in [2.24, 2.45) is 0 Å². The van der Waals surface area contributed by atoms with Crippen LogP contribution in [0.3, 0.4) is 0 Å². The van der Waals surface area contributed by atoms with Gasteiger partial charge in [0.1, 0.15) is 0 Å². The molecule has 0 aliphatic rings. The topological polar surface area (TPSA) is 55.2 Å². The number of nitro benzene ring substituents is 1. The number of nitrogens with zero attached hydrogens (tertiary/aromatic N) is 1. The normalized spacial score (nSPS) is 10.3. The molecule has 1 aromatic heterocycles. The van der Waals surface area contributed by atoms with E-state index < -0.39 is 16.4 Å². The van der Waals surface area contributed by atoms with Gasteiger partial charge in [0.05, 0.1) is 4.92 Å². The fraction of sp³-hybridized carbons (Fsp3) is 0.167. The van der Waals surface area contributed by atoms with Crippen LogP contribution in [0.25, 0.3) is 0 Å². The number of rotatable bonds is 4. The molecular weight excluding hydrogens is 255 g/mol. The maximum atomic E-state index is 13.4. The third kappa shape index (κ3) is 2.84. The summed E-state index contributed by atoms with van der Waals surface area (Å²) in [6.07, 6.45) is 0. The van der Waals surface area contributed by atoms with Crippen molar-refractivity contribution in [3.05, 3.63) is 56.0 Å². The van der Waals surface area contributed by atoms with Crippen LogP contribution in [0.15, 0.2) is 30.3 Å². The predicted octanol–water partition coefficient (Wildman–Crippen LogP) is 3.72. The first kappa shape index (κ1) is 12.5. The molecule has 0 aliphatic heterocycles. The van der Waals surface area contributed by atoms with Crippen LogP contribution in [-0.4, -0.2) is 4.92 Å². The highest BCUT2D eigenvalue weighted by Gasteiger charge is 2.13. The van der Waals surface area contributed by atoms with Crippen molar-refractivity contribution in [2.75, 3.05) is 5.32 Å². The molecule has 2 rings (SSSR count). The molecule has 0 bridgehead atoms. The van der Waals surface area contributed by atoms with Crippen LogP contribution in [0.4, 0.5) is 15.8 Å². The van der Waals surface area contributed by atoms with Gasteiger partial charge in [-0.2, -0.15) is 4.39 Å². The van der Waals surface area contributed by atoms with E-state index in [0.29, 0.717) is 12.2 Å². The number of aryl methyl sites for hydroxylation is 1. The summed E-state index contributed by atoms with van der Waals surface area (Å²) in [5.41, 5.74) is 0.0247. The second-order valence-electron chi connectivity index (χ2n) is 3.79. The maximum Gasteiger partial charge on any atom is 0.304 e. The molecule has 0 amide bonds. The Kier molecular flexibility index (Phi) is 3.57. The highest BCUT2D eigenvalue weighted by molar-refractivity contribution is 7.11. The number of halogens is 1. The van der Waals surface area contributed by atoms with Crippen molar-refractivity contribution in [1.82, 2.24) is 0 Å². The van der Waals surface area contributed by atoms with Crippen LogP contribution in [-0.2, 0) is 6.54 Å². The van der Waals surface area contributed by atoms with E-state index in [1.54, 1.807) is 11.3 Å². The zero-order valence-corrected chi connectivity index (χ0v) is 10.5. The van der Waals surface area contributed by atoms with E-state index in [4.69, 9.17) is 0 Å². The van der Waals surface area contributed by atoms with Crippen molar-refractivity contribution in [3.63, 3.8) is 0 Å². The zero-order valence-electron chi connectivity index (χ0n) is 9.64. The lowest BCUT2D eigenvalue weighted by Gasteiger charge is -2.04. The van der Waals surface area contributed by atoms with Crippen molar-refractivity contribution < 1.29 is 9.31 Å². The van der Waals surface area contributed by atoms with Crippen LogP contribution < -0.4 is 5.32 Å². The van der Waals surface area contributed by atoms with Gasteiger partial charge in [-0.25, -0.2) is 0 Å². The van der Waals surface area contributed by atoms with Gasteiger partial charge in [0.25, 0.3) is 0 Å². The fourth-order valence-electron chi connectivity index (χ4n) is 1.53. The Balaban J connectivity index is 2.06. The van der Waals surface area contributed by atoms with Gasteiger partial charge in [-0.15, -0.1) is 11.3 Å².